The third-order valence-electron chi connectivity index (χ3n) is 3.29. The molecule has 0 saturated carbocycles. The molecule has 2 atom stereocenters. The molecule has 1 fully saturated rings. The summed E-state index contributed by atoms with van der Waals surface area (Å²) >= 11 is 0. The Labute approximate surface area is 102 Å². The van der Waals surface area contributed by atoms with Crippen LogP contribution in [0.2, 0.25) is 0 Å². The Kier molecular flexibility index (Phi) is 4.51. The summed E-state index contributed by atoms with van der Waals surface area (Å²) in [5, 5.41) is 3.41. The van der Waals surface area contributed by atoms with Crippen LogP contribution in [0.15, 0.2) is 24.3 Å². The smallest absolute Gasteiger partial charge is 0.123 e. The van der Waals surface area contributed by atoms with Crippen molar-refractivity contribution in [1.82, 2.24) is 5.32 Å². The second kappa shape index (κ2) is 6.12. The van der Waals surface area contributed by atoms with E-state index >= 15 is 0 Å². The first-order valence-corrected chi connectivity index (χ1v) is 6.36. The first-order valence-electron chi connectivity index (χ1n) is 6.36. The Morgan fingerprint density at radius 2 is 2.41 bits per heavy atom. The minimum atomic E-state index is -0.171. The summed E-state index contributed by atoms with van der Waals surface area (Å²) in [6, 6.07) is 6.95. The molecule has 0 amide bonds. The Morgan fingerprint density at radius 3 is 3.12 bits per heavy atom. The van der Waals surface area contributed by atoms with Crippen molar-refractivity contribution in [3.63, 3.8) is 0 Å². The lowest BCUT2D eigenvalue weighted by Gasteiger charge is -2.16. The molecule has 0 aliphatic carbocycles. The first-order chi connectivity index (χ1) is 8.25. The predicted molar refractivity (Wildman–Crippen MR) is 66.4 cm³/mol. The first kappa shape index (κ1) is 12.5. The van der Waals surface area contributed by atoms with Crippen LogP contribution in [0.25, 0.3) is 0 Å². The molecule has 2 nitrogen and oxygen atoms in total. The fourth-order valence-corrected chi connectivity index (χ4v) is 2.23. The summed E-state index contributed by atoms with van der Waals surface area (Å²) in [6.45, 7) is 3.89. The Hall–Kier alpha value is -0.930. The third kappa shape index (κ3) is 3.79. The van der Waals surface area contributed by atoms with Crippen molar-refractivity contribution in [2.75, 3.05) is 13.2 Å². The van der Waals surface area contributed by atoms with Crippen molar-refractivity contribution in [3.05, 3.63) is 35.6 Å². The highest BCUT2D eigenvalue weighted by Crippen LogP contribution is 2.16. The quantitative estimate of drug-likeness (QED) is 0.850. The number of rotatable bonds is 5. The van der Waals surface area contributed by atoms with Gasteiger partial charge in [0.1, 0.15) is 5.82 Å². The number of hydrogen-bond acceptors (Lipinski definition) is 2. The van der Waals surface area contributed by atoms with Gasteiger partial charge in [-0.05, 0) is 50.4 Å². The van der Waals surface area contributed by atoms with Gasteiger partial charge < -0.3 is 10.1 Å². The van der Waals surface area contributed by atoms with Gasteiger partial charge >= 0.3 is 0 Å². The molecule has 0 radical (unpaired) electrons. The zero-order chi connectivity index (χ0) is 12.1. The predicted octanol–water partition coefficient (Wildman–Crippen LogP) is 3.05. The second-order valence-electron chi connectivity index (χ2n) is 4.65. The van der Waals surface area contributed by atoms with Crippen molar-refractivity contribution in [2.45, 2.75) is 38.3 Å². The second-order valence-corrected chi connectivity index (χ2v) is 4.65. The van der Waals surface area contributed by atoms with Gasteiger partial charge in [0.05, 0.1) is 6.10 Å². The van der Waals surface area contributed by atoms with Crippen LogP contribution in [-0.2, 0) is 4.74 Å². The van der Waals surface area contributed by atoms with Crippen molar-refractivity contribution in [2.24, 2.45) is 0 Å². The topological polar surface area (TPSA) is 21.3 Å². The molecule has 1 aromatic carbocycles. The van der Waals surface area contributed by atoms with Crippen LogP contribution in [-0.4, -0.2) is 19.3 Å². The van der Waals surface area contributed by atoms with Crippen molar-refractivity contribution < 1.29 is 9.13 Å². The van der Waals surface area contributed by atoms with Crippen molar-refractivity contribution >= 4 is 0 Å². The van der Waals surface area contributed by atoms with Gasteiger partial charge in [-0.15, -0.1) is 0 Å². The average Bonchev–Trinajstić information content (AvgIpc) is 2.82. The van der Waals surface area contributed by atoms with Gasteiger partial charge in [0.15, 0.2) is 0 Å². The molecule has 1 aromatic rings. The van der Waals surface area contributed by atoms with Crippen LogP contribution in [0, 0.1) is 5.82 Å². The van der Waals surface area contributed by atoms with E-state index in [9.17, 15) is 4.39 Å². The minimum Gasteiger partial charge on any atom is -0.378 e. The van der Waals surface area contributed by atoms with E-state index in [4.69, 9.17) is 4.74 Å². The molecule has 1 N–H and O–H groups in total. The lowest BCUT2D eigenvalue weighted by molar-refractivity contribution is 0.103. The molecule has 2 rings (SSSR count). The maximum absolute atomic E-state index is 13.0. The zero-order valence-corrected chi connectivity index (χ0v) is 10.3. The lowest BCUT2D eigenvalue weighted by Crippen LogP contribution is -2.23. The zero-order valence-electron chi connectivity index (χ0n) is 10.3. The number of halogens is 1. The Morgan fingerprint density at radius 1 is 1.53 bits per heavy atom. The minimum absolute atomic E-state index is 0.171. The lowest BCUT2D eigenvalue weighted by atomic mass is 10.1. The van der Waals surface area contributed by atoms with E-state index in [1.165, 1.54) is 18.9 Å². The summed E-state index contributed by atoms with van der Waals surface area (Å²) < 4.78 is 18.6. The van der Waals surface area contributed by atoms with Crippen molar-refractivity contribution in [1.29, 1.82) is 0 Å². The molecule has 1 saturated heterocycles. The van der Waals surface area contributed by atoms with Gasteiger partial charge in [0.2, 0.25) is 0 Å². The maximum atomic E-state index is 13.0. The van der Waals surface area contributed by atoms with Gasteiger partial charge in [-0.3, -0.25) is 0 Å². The van der Waals surface area contributed by atoms with Crippen molar-refractivity contribution in [3.8, 4) is 0 Å². The largest absolute Gasteiger partial charge is 0.378 e. The van der Waals surface area contributed by atoms with E-state index in [0.717, 1.165) is 25.1 Å². The SMILES string of the molecule is C[C@@H](NCCC1CCCO1)c1cccc(F)c1. The van der Waals surface area contributed by atoms with E-state index in [1.807, 2.05) is 6.07 Å². The fraction of sp³-hybridized carbons (Fsp3) is 0.571. The van der Waals surface area contributed by atoms with Crippen LogP contribution < -0.4 is 5.32 Å². The highest BCUT2D eigenvalue weighted by molar-refractivity contribution is 5.19. The van der Waals surface area contributed by atoms with Crippen LogP contribution in [0.5, 0.6) is 0 Å². The van der Waals surface area contributed by atoms with Gasteiger partial charge in [0.25, 0.3) is 0 Å². The maximum Gasteiger partial charge on any atom is 0.123 e. The Bertz CT molecular complexity index is 350. The van der Waals surface area contributed by atoms with Gasteiger partial charge in [-0.2, -0.15) is 0 Å². The van der Waals surface area contributed by atoms with E-state index in [1.54, 1.807) is 12.1 Å². The summed E-state index contributed by atoms with van der Waals surface area (Å²) in [5.41, 5.74) is 0.998. The molecule has 1 unspecified atom stereocenters. The molecule has 0 bridgehead atoms. The normalized spacial score (nSPS) is 21.6. The van der Waals surface area contributed by atoms with Crippen LogP contribution in [0.1, 0.15) is 37.8 Å². The van der Waals surface area contributed by atoms with Crippen LogP contribution in [0.4, 0.5) is 4.39 Å². The molecular formula is C14H20FNO. The molecule has 3 heteroatoms. The summed E-state index contributed by atoms with van der Waals surface area (Å²) in [6.07, 6.45) is 3.82. The van der Waals surface area contributed by atoms with E-state index in [-0.39, 0.29) is 11.9 Å². The number of nitrogens with one attached hydrogen (secondary N) is 1. The van der Waals surface area contributed by atoms with Gasteiger partial charge in [-0.1, -0.05) is 12.1 Å². The molecule has 1 heterocycles. The molecular weight excluding hydrogens is 217 g/mol. The van der Waals surface area contributed by atoms with E-state index < -0.39 is 0 Å². The molecule has 1 aliphatic heterocycles. The van der Waals surface area contributed by atoms with Crippen LogP contribution >= 0.6 is 0 Å². The standard InChI is InChI=1S/C14H20FNO/c1-11(12-4-2-5-13(15)10-12)16-8-7-14-6-3-9-17-14/h2,4-5,10-11,14,16H,3,6-9H2,1H3/t11-,14?/m1/s1. The Balaban J connectivity index is 1.74. The number of hydrogen-bond donors (Lipinski definition) is 1. The van der Waals surface area contributed by atoms with Gasteiger partial charge in [-0.25, -0.2) is 4.39 Å². The fourth-order valence-electron chi connectivity index (χ4n) is 2.23. The summed E-state index contributed by atoms with van der Waals surface area (Å²) in [7, 11) is 0. The molecule has 0 aromatic heterocycles. The average molecular weight is 237 g/mol. The number of ether oxygens (including phenoxy) is 1. The highest BCUT2D eigenvalue weighted by Gasteiger charge is 2.15. The van der Waals surface area contributed by atoms with Gasteiger partial charge in [0, 0.05) is 12.6 Å². The monoisotopic (exact) mass is 237 g/mol. The van der Waals surface area contributed by atoms with E-state index in [0.29, 0.717) is 6.10 Å². The molecule has 0 spiro atoms. The van der Waals surface area contributed by atoms with Crippen LogP contribution in [0.3, 0.4) is 0 Å². The summed E-state index contributed by atoms with van der Waals surface area (Å²) in [5.74, 6) is -0.171. The molecule has 94 valence electrons. The molecule has 17 heavy (non-hydrogen) atoms. The highest BCUT2D eigenvalue weighted by atomic mass is 19.1. The molecule has 1 aliphatic rings. The van der Waals surface area contributed by atoms with E-state index in [2.05, 4.69) is 12.2 Å². The number of benzene rings is 1. The third-order valence-corrected chi connectivity index (χ3v) is 3.29. The summed E-state index contributed by atoms with van der Waals surface area (Å²) in [4.78, 5) is 0.